The van der Waals surface area contributed by atoms with E-state index in [4.69, 9.17) is 0 Å². The molecule has 0 unspecified atom stereocenters. The van der Waals surface area contributed by atoms with Gasteiger partial charge >= 0.3 is 0 Å². The lowest BCUT2D eigenvalue weighted by Crippen LogP contribution is -2.23. The number of hydrogen-bond acceptors (Lipinski definition) is 1. The minimum atomic E-state index is -0.0249. The van der Waals surface area contributed by atoms with Crippen LogP contribution in [0.25, 0.3) is 0 Å². The molecule has 74 valence electrons. The van der Waals surface area contributed by atoms with Gasteiger partial charge in [0.2, 0.25) is 0 Å². The van der Waals surface area contributed by atoms with Crippen molar-refractivity contribution in [1.82, 2.24) is 5.32 Å². The molecule has 14 heavy (non-hydrogen) atoms. The summed E-state index contributed by atoms with van der Waals surface area (Å²) in [5.74, 6) is -0.0249. The fraction of sp³-hybridized carbons (Fsp3) is 0.250. The van der Waals surface area contributed by atoms with Gasteiger partial charge in [-0.25, -0.2) is 0 Å². The Bertz CT molecular complexity index is 325. The third kappa shape index (κ3) is 3.05. The Hall–Kier alpha value is -1.57. The van der Waals surface area contributed by atoms with Crippen LogP contribution in [0, 0.1) is 6.92 Å². The van der Waals surface area contributed by atoms with E-state index in [1.807, 2.05) is 50.3 Å². The molecule has 1 aromatic carbocycles. The Morgan fingerprint density at radius 3 is 2.57 bits per heavy atom. The number of hydrogen-bond donors (Lipinski definition) is 1. The van der Waals surface area contributed by atoms with Crippen molar-refractivity contribution in [2.24, 2.45) is 0 Å². The van der Waals surface area contributed by atoms with E-state index in [1.165, 1.54) is 0 Å². The van der Waals surface area contributed by atoms with Gasteiger partial charge in [0.1, 0.15) is 0 Å². The monoisotopic (exact) mass is 189 g/mol. The lowest BCUT2D eigenvalue weighted by molar-refractivity contribution is 0.0958. The molecule has 0 spiro atoms. The SMILES string of the molecule is C/C=C/CNC(=O)c1ccc(C)cc1. The number of rotatable bonds is 3. The Balaban J connectivity index is 2.56. The minimum absolute atomic E-state index is 0.0249. The van der Waals surface area contributed by atoms with E-state index in [1.54, 1.807) is 0 Å². The van der Waals surface area contributed by atoms with Gasteiger partial charge in [-0.3, -0.25) is 4.79 Å². The lowest BCUT2D eigenvalue weighted by Gasteiger charge is -2.02. The molecule has 0 bridgehead atoms. The summed E-state index contributed by atoms with van der Waals surface area (Å²) in [5, 5.41) is 2.79. The zero-order valence-corrected chi connectivity index (χ0v) is 8.58. The summed E-state index contributed by atoms with van der Waals surface area (Å²) in [7, 11) is 0. The highest BCUT2D eigenvalue weighted by atomic mass is 16.1. The van der Waals surface area contributed by atoms with E-state index in [2.05, 4.69) is 5.32 Å². The highest BCUT2D eigenvalue weighted by Crippen LogP contribution is 2.02. The predicted molar refractivity (Wildman–Crippen MR) is 58.3 cm³/mol. The molecule has 0 aromatic heterocycles. The smallest absolute Gasteiger partial charge is 0.251 e. The van der Waals surface area contributed by atoms with Crippen LogP contribution in [0.4, 0.5) is 0 Å². The van der Waals surface area contributed by atoms with Crippen LogP contribution < -0.4 is 5.32 Å². The van der Waals surface area contributed by atoms with Gasteiger partial charge in [-0.2, -0.15) is 0 Å². The number of aryl methyl sites for hydroxylation is 1. The molecule has 0 aliphatic carbocycles. The average Bonchev–Trinajstić information content (AvgIpc) is 2.19. The van der Waals surface area contributed by atoms with Crippen molar-refractivity contribution in [3.63, 3.8) is 0 Å². The number of carbonyl (C=O) groups excluding carboxylic acids is 1. The number of benzene rings is 1. The first-order chi connectivity index (χ1) is 6.74. The van der Waals surface area contributed by atoms with Crippen LogP contribution >= 0.6 is 0 Å². The zero-order chi connectivity index (χ0) is 10.4. The molecule has 1 amide bonds. The second-order valence-corrected chi connectivity index (χ2v) is 3.15. The van der Waals surface area contributed by atoms with E-state index in [-0.39, 0.29) is 5.91 Å². The van der Waals surface area contributed by atoms with Crippen LogP contribution in [-0.2, 0) is 0 Å². The number of nitrogens with one attached hydrogen (secondary N) is 1. The van der Waals surface area contributed by atoms with E-state index in [0.29, 0.717) is 12.1 Å². The molecule has 2 heteroatoms. The van der Waals surface area contributed by atoms with Gasteiger partial charge in [0.05, 0.1) is 0 Å². The van der Waals surface area contributed by atoms with E-state index >= 15 is 0 Å². The molecule has 2 nitrogen and oxygen atoms in total. The van der Waals surface area contributed by atoms with Crippen molar-refractivity contribution < 1.29 is 4.79 Å². The fourth-order valence-corrected chi connectivity index (χ4v) is 1.08. The number of amides is 1. The summed E-state index contributed by atoms with van der Waals surface area (Å²) in [4.78, 5) is 11.5. The Labute approximate surface area is 84.6 Å². The van der Waals surface area contributed by atoms with Crippen molar-refractivity contribution in [2.75, 3.05) is 6.54 Å². The summed E-state index contributed by atoms with van der Waals surface area (Å²) in [6.07, 6.45) is 3.82. The number of carbonyl (C=O) groups is 1. The maximum absolute atomic E-state index is 11.5. The van der Waals surface area contributed by atoms with Crippen molar-refractivity contribution >= 4 is 5.91 Å². The molecule has 1 N–H and O–H groups in total. The van der Waals surface area contributed by atoms with Crippen molar-refractivity contribution in [2.45, 2.75) is 13.8 Å². The van der Waals surface area contributed by atoms with Crippen LogP contribution in [0.5, 0.6) is 0 Å². The quantitative estimate of drug-likeness (QED) is 0.726. The topological polar surface area (TPSA) is 29.1 Å². The first kappa shape index (κ1) is 10.5. The van der Waals surface area contributed by atoms with Crippen LogP contribution in [0.1, 0.15) is 22.8 Å². The molecular weight excluding hydrogens is 174 g/mol. The Morgan fingerprint density at radius 2 is 2.00 bits per heavy atom. The summed E-state index contributed by atoms with van der Waals surface area (Å²) in [6, 6.07) is 7.54. The molecule has 0 radical (unpaired) electrons. The van der Waals surface area contributed by atoms with E-state index < -0.39 is 0 Å². The summed E-state index contributed by atoms with van der Waals surface area (Å²) < 4.78 is 0. The van der Waals surface area contributed by atoms with Crippen LogP contribution in [0.2, 0.25) is 0 Å². The number of allylic oxidation sites excluding steroid dienone is 1. The predicted octanol–water partition coefficient (Wildman–Crippen LogP) is 2.30. The first-order valence-corrected chi connectivity index (χ1v) is 4.70. The van der Waals surface area contributed by atoms with Crippen LogP contribution in [-0.4, -0.2) is 12.5 Å². The maximum atomic E-state index is 11.5. The highest BCUT2D eigenvalue weighted by Gasteiger charge is 2.01. The van der Waals surface area contributed by atoms with Gasteiger partial charge in [-0.1, -0.05) is 29.8 Å². The van der Waals surface area contributed by atoms with Crippen molar-refractivity contribution in [3.8, 4) is 0 Å². The summed E-state index contributed by atoms with van der Waals surface area (Å²) >= 11 is 0. The van der Waals surface area contributed by atoms with Gasteiger partial charge in [0.25, 0.3) is 5.91 Å². The zero-order valence-electron chi connectivity index (χ0n) is 8.58. The summed E-state index contributed by atoms with van der Waals surface area (Å²) in [5.41, 5.74) is 1.87. The van der Waals surface area contributed by atoms with Crippen LogP contribution in [0.15, 0.2) is 36.4 Å². The molecule has 1 rings (SSSR count). The first-order valence-electron chi connectivity index (χ1n) is 4.70. The summed E-state index contributed by atoms with van der Waals surface area (Å²) in [6.45, 7) is 4.52. The van der Waals surface area contributed by atoms with Gasteiger partial charge in [0.15, 0.2) is 0 Å². The molecule has 1 aromatic rings. The second-order valence-electron chi connectivity index (χ2n) is 3.15. The van der Waals surface area contributed by atoms with Gasteiger partial charge in [0, 0.05) is 12.1 Å². The van der Waals surface area contributed by atoms with Crippen LogP contribution in [0.3, 0.4) is 0 Å². The third-order valence-corrected chi connectivity index (χ3v) is 1.93. The Kier molecular flexibility index (Phi) is 3.92. The van der Waals surface area contributed by atoms with Crippen molar-refractivity contribution in [3.05, 3.63) is 47.5 Å². The average molecular weight is 189 g/mol. The van der Waals surface area contributed by atoms with Crippen molar-refractivity contribution in [1.29, 1.82) is 0 Å². The van der Waals surface area contributed by atoms with Gasteiger partial charge in [-0.15, -0.1) is 0 Å². The van der Waals surface area contributed by atoms with Gasteiger partial charge < -0.3 is 5.32 Å². The normalized spacial score (nSPS) is 10.4. The molecule has 0 aliphatic rings. The van der Waals surface area contributed by atoms with E-state index in [0.717, 1.165) is 5.56 Å². The highest BCUT2D eigenvalue weighted by molar-refractivity contribution is 5.94. The molecule has 0 saturated heterocycles. The minimum Gasteiger partial charge on any atom is -0.349 e. The molecule has 0 aliphatic heterocycles. The molecule has 0 fully saturated rings. The van der Waals surface area contributed by atoms with Gasteiger partial charge in [-0.05, 0) is 26.0 Å². The molecular formula is C12H15NO. The third-order valence-electron chi connectivity index (χ3n) is 1.93. The lowest BCUT2D eigenvalue weighted by atomic mass is 10.1. The Morgan fingerprint density at radius 1 is 1.36 bits per heavy atom. The largest absolute Gasteiger partial charge is 0.349 e. The standard InChI is InChI=1S/C12H15NO/c1-3-4-9-13-12(14)11-7-5-10(2)6-8-11/h3-8H,9H2,1-2H3,(H,13,14)/b4-3+. The molecule has 0 atom stereocenters. The maximum Gasteiger partial charge on any atom is 0.251 e. The van der Waals surface area contributed by atoms with E-state index in [9.17, 15) is 4.79 Å². The molecule has 0 heterocycles. The molecule has 0 saturated carbocycles. The fourth-order valence-electron chi connectivity index (χ4n) is 1.08. The second kappa shape index (κ2) is 5.22.